The normalized spacial score (nSPS) is 10.7. The molecule has 0 saturated carbocycles. The van der Waals surface area contributed by atoms with Crippen molar-refractivity contribution in [3.8, 4) is 22.8 Å². The van der Waals surface area contributed by atoms with E-state index in [1.807, 2.05) is 0 Å². The second-order valence-electron chi connectivity index (χ2n) is 4.88. The molecule has 0 saturated heterocycles. The highest BCUT2D eigenvalue weighted by Gasteiger charge is 2.18. The van der Waals surface area contributed by atoms with Gasteiger partial charge in [-0.3, -0.25) is 0 Å². The molecule has 1 aromatic heterocycles. The molecule has 0 atom stereocenters. The maximum atomic E-state index is 14.5. The Morgan fingerprint density at radius 1 is 0.957 bits per heavy atom. The average Bonchev–Trinajstić information content (AvgIpc) is 2.57. The lowest BCUT2D eigenvalue weighted by Crippen LogP contribution is -2.01. The van der Waals surface area contributed by atoms with Gasteiger partial charge in [0.05, 0.1) is 36.7 Å². The fourth-order valence-electron chi connectivity index (χ4n) is 2.43. The Bertz CT molecular complexity index is 899. The van der Waals surface area contributed by atoms with Gasteiger partial charge in [-0.1, -0.05) is 0 Å². The first-order valence-electron chi connectivity index (χ1n) is 6.77. The van der Waals surface area contributed by atoms with Crippen molar-refractivity contribution < 1.29 is 13.9 Å². The number of anilines is 2. The van der Waals surface area contributed by atoms with E-state index < -0.39 is 5.82 Å². The van der Waals surface area contributed by atoms with E-state index in [-0.39, 0.29) is 16.9 Å². The van der Waals surface area contributed by atoms with Crippen molar-refractivity contribution in [2.75, 3.05) is 25.7 Å². The van der Waals surface area contributed by atoms with Gasteiger partial charge in [0.2, 0.25) is 0 Å². The Balaban J connectivity index is 2.37. The summed E-state index contributed by atoms with van der Waals surface area (Å²) in [6, 6.07) is 6.34. The van der Waals surface area contributed by atoms with Crippen LogP contribution in [-0.2, 0) is 0 Å². The molecular formula is C16H15FN4O2. The van der Waals surface area contributed by atoms with Crippen molar-refractivity contribution in [2.45, 2.75) is 0 Å². The number of nitrogens with two attached hydrogens (primary N) is 2. The lowest BCUT2D eigenvalue weighted by molar-refractivity contribution is 0.356. The maximum absolute atomic E-state index is 14.5. The van der Waals surface area contributed by atoms with Crippen molar-refractivity contribution in [1.82, 2.24) is 9.97 Å². The fourth-order valence-corrected chi connectivity index (χ4v) is 2.43. The summed E-state index contributed by atoms with van der Waals surface area (Å²) < 4.78 is 25.0. The lowest BCUT2D eigenvalue weighted by Gasteiger charge is -2.13. The second-order valence-corrected chi connectivity index (χ2v) is 4.88. The van der Waals surface area contributed by atoms with Gasteiger partial charge in [0.15, 0.2) is 17.3 Å². The Labute approximate surface area is 131 Å². The minimum absolute atomic E-state index is 0.00133. The number of fused-ring (bicyclic) bond motifs is 1. The van der Waals surface area contributed by atoms with Crippen molar-refractivity contribution in [1.29, 1.82) is 0 Å². The van der Waals surface area contributed by atoms with Crippen molar-refractivity contribution in [3.05, 3.63) is 36.4 Å². The zero-order valence-corrected chi connectivity index (χ0v) is 12.6. The highest BCUT2D eigenvalue weighted by atomic mass is 19.1. The van der Waals surface area contributed by atoms with Gasteiger partial charge < -0.3 is 20.9 Å². The molecule has 0 aliphatic carbocycles. The zero-order chi connectivity index (χ0) is 16.6. The minimum atomic E-state index is -0.611. The highest BCUT2D eigenvalue weighted by Crippen LogP contribution is 2.38. The van der Waals surface area contributed by atoms with Crippen molar-refractivity contribution in [2.24, 2.45) is 0 Å². The summed E-state index contributed by atoms with van der Waals surface area (Å²) in [5, 5.41) is 0.585. The lowest BCUT2D eigenvalue weighted by atomic mass is 10.0. The van der Waals surface area contributed by atoms with E-state index in [0.717, 1.165) is 0 Å². The molecule has 0 radical (unpaired) electrons. The average molecular weight is 314 g/mol. The molecule has 0 unspecified atom stereocenters. The van der Waals surface area contributed by atoms with Crippen LogP contribution >= 0.6 is 0 Å². The van der Waals surface area contributed by atoms with Gasteiger partial charge in [-0.15, -0.1) is 0 Å². The molecule has 7 heteroatoms. The summed E-state index contributed by atoms with van der Waals surface area (Å²) in [5.74, 6) is 0.393. The fraction of sp³-hybridized carbons (Fsp3) is 0.125. The van der Waals surface area contributed by atoms with Crippen LogP contribution in [0.4, 0.5) is 15.8 Å². The predicted octanol–water partition coefficient (Wildman–Crippen LogP) is 2.62. The summed E-state index contributed by atoms with van der Waals surface area (Å²) in [4.78, 5) is 8.38. The third-order valence-electron chi connectivity index (χ3n) is 3.58. The largest absolute Gasteiger partial charge is 0.493 e. The Hall–Kier alpha value is -3.09. The molecule has 0 bridgehead atoms. The molecule has 3 rings (SSSR count). The molecule has 6 nitrogen and oxygen atoms in total. The number of halogens is 1. The Kier molecular flexibility index (Phi) is 3.61. The molecule has 2 aromatic carbocycles. The molecule has 23 heavy (non-hydrogen) atoms. The van der Waals surface area contributed by atoms with Gasteiger partial charge in [0, 0.05) is 17.1 Å². The monoisotopic (exact) mass is 314 g/mol. The van der Waals surface area contributed by atoms with Gasteiger partial charge in [0.1, 0.15) is 6.33 Å². The Morgan fingerprint density at radius 3 is 2.30 bits per heavy atom. The molecule has 0 amide bonds. The van der Waals surface area contributed by atoms with Crippen LogP contribution in [0.2, 0.25) is 0 Å². The van der Waals surface area contributed by atoms with Crippen LogP contribution in [0.5, 0.6) is 11.5 Å². The molecule has 1 heterocycles. The van der Waals surface area contributed by atoms with E-state index in [9.17, 15) is 4.39 Å². The standard InChI is InChI=1S/C16H15FN4O2/c1-22-12-5-8-11(6-13(12)23-2)20-7-21-16(8)14-9(18)3-4-10(19)15(14)17/h3-7H,18-19H2,1-2H3. The number of methoxy groups -OCH3 is 2. The number of hydrogen-bond acceptors (Lipinski definition) is 6. The summed E-state index contributed by atoms with van der Waals surface area (Å²) in [7, 11) is 3.05. The number of hydrogen-bond donors (Lipinski definition) is 2. The van der Waals surface area contributed by atoms with E-state index in [1.165, 1.54) is 26.6 Å². The van der Waals surface area contributed by atoms with Crippen LogP contribution < -0.4 is 20.9 Å². The van der Waals surface area contributed by atoms with Gasteiger partial charge in [-0.25, -0.2) is 14.4 Å². The molecule has 118 valence electrons. The second kappa shape index (κ2) is 5.60. The van der Waals surface area contributed by atoms with Crippen LogP contribution in [0, 0.1) is 5.82 Å². The minimum Gasteiger partial charge on any atom is -0.493 e. The van der Waals surface area contributed by atoms with Gasteiger partial charge in [-0.2, -0.15) is 0 Å². The number of nitrogen functional groups attached to an aromatic ring is 2. The quantitative estimate of drug-likeness (QED) is 0.721. The molecule has 0 aliphatic heterocycles. The van der Waals surface area contributed by atoms with E-state index in [4.69, 9.17) is 20.9 Å². The predicted molar refractivity (Wildman–Crippen MR) is 86.9 cm³/mol. The van der Waals surface area contributed by atoms with Crippen LogP contribution in [0.3, 0.4) is 0 Å². The third-order valence-corrected chi connectivity index (χ3v) is 3.58. The topological polar surface area (TPSA) is 96.3 Å². The number of nitrogens with zero attached hydrogens (tertiary/aromatic N) is 2. The summed E-state index contributed by atoms with van der Waals surface area (Å²) in [5.41, 5.74) is 12.9. The number of aromatic nitrogens is 2. The van der Waals surface area contributed by atoms with E-state index in [1.54, 1.807) is 18.2 Å². The van der Waals surface area contributed by atoms with Gasteiger partial charge >= 0.3 is 0 Å². The molecule has 3 aromatic rings. The number of benzene rings is 2. The van der Waals surface area contributed by atoms with Crippen molar-refractivity contribution >= 4 is 22.3 Å². The summed E-state index contributed by atoms with van der Waals surface area (Å²) in [6.07, 6.45) is 1.34. The molecule has 0 aliphatic rings. The maximum Gasteiger partial charge on any atom is 0.162 e. The van der Waals surface area contributed by atoms with E-state index in [2.05, 4.69) is 9.97 Å². The molecular weight excluding hydrogens is 299 g/mol. The number of ether oxygens (including phenoxy) is 2. The van der Waals surface area contributed by atoms with Crippen molar-refractivity contribution in [3.63, 3.8) is 0 Å². The first kappa shape index (κ1) is 14.8. The SMILES string of the molecule is COc1cc2ncnc(-c3c(N)ccc(N)c3F)c2cc1OC. The first-order chi connectivity index (χ1) is 11.1. The summed E-state index contributed by atoms with van der Waals surface area (Å²) in [6.45, 7) is 0. The first-order valence-corrected chi connectivity index (χ1v) is 6.77. The third kappa shape index (κ3) is 2.36. The highest BCUT2D eigenvalue weighted by molar-refractivity contribution is 5.97. The van der Waals surface area contributed by atoms with Gasteiger partial charge in [-0.05, 0) is 18.2 Å². The van der Waals surface area contributed by atoms with Crippen LogP contribution in [0.25, 0.3) is 22.2 Å². The molecule has 0 fully saturated rings. The van der Waals surface area contributed by atoms with Crippen LogP contribution in [0.1, 0.15) is 0 Å². The van der Waals surface area contributed by atoms with Crippen LogP contribution in [0.15, 0.2) is 30.6 Å². The van der Waals surface area contributed by atoms with E-state index >= 15 is 0 Å². The van der Waals surface area contributed by atoms with E-state index in [0.29, 0.717) is 28.1 Å². The van der Waals surface area contributed by atoms with Crippen LogP contribution in [-0.4, -0.2) is 24.2 Å². The Morgan fingerprint density at radius 2 is 1.61 bits per heavy atom. The smallest absolute Gasteiger partial charge is 0.162 e. The molecule has 4 N–H and O–H groups in total. The molecule has 0 spiro atoms. The summed E-state index contributed by atoms with van der Waals surface area (Å²) >= 11 is 0. The zero-order valence-electron chi connectivity index (χ0n) is 12.6. The van der Waals surface area contributed by atoms with Gasteiger partial charge in [0.25, 0.3) is 0 Å². The number of rotatable bonds is 3.